The Morgan fingerprint density at radius 3 is 2.59 bits per heavy atom. The standard InChI is InChI=1S/C14H30N2O/c1-5-14-7-6-12(4)16(14)9-8-13(10-17)15-11(2)3/h11-15,17H,5-10H2,1-4H3. The largest absolute Gasteiger partial charge is 0.395 e. The van der Waals surface area contributed by atoms with Crippen molar-refractivity contribution < 1.29 is 5.11 Å². The average Bonchev–Trinajstić information content (AvgIpc) is 2.65. The molecule has 0 amide bonds. The molecule has 0 radical (unpaired) electrons. The van der Waals surface area contributed by atoms with Crippen LogP contribution < -0.4 is 5.32 Å². The third-order valence-electron chi connectivity index (χ3n) is 3.95. The van der Waals surface area contributed by atoms with Crippen LogP contribution in [0.15, 0.2) is 0 Å². The number of rotatable bonds is 7. The lowest BCUT2D eigenvalue weighted by Gasteiger charge is -2.30. The Bertz CT molecular complexity index is 208. The molecule has 0 aromatic rings. The number of aliphatic hydroxyl groups excluding tert-OH is 1. The lowest BCUT2D eigenvalue weighted by Crippen LogP contribution is -2.42. The number of nitrogens with one attached hydrogen (secondary N) is 1. The predicted octanol–water partition coefficient (Wildman–Crippen LogP) is 2.00. The summed E-state index contributed by atoms with van der Waals surface area (Å²) in [5, 5.41) is 12.8. The zero-order valence-corrected chi connectivity index (χ0v) is 11.9. The third kappa shape index (κ3) is 4.57. The van der Waals surface area contributed by atoms with E-state index in [0.717, 1.165) is 25.0 Å². The average molecular weight is 242 g/mol. The van der Waals surface area contributed by atoms with Gasteiger partial charge in [-0.15, -0.1) is 0 Å². The van der Waals surface area contributed by atoms with E-state index in [9.17, 15) is 5.11 Å². The molecular weight excluding hydrogens is 212 g/mol. The van der Waals surface area contributed by atoms with Crippen LogP contribution in [0.4, 0.5) is 0 Å². The number of nitrogens with zero attached hydrogens (tertiary/aromatic N) is 1. The van der Waals surface area contributed by atoms with Gasteiger partial charge in [-0.1, -0.05) is 20.8 Å². The fourth-order valence-corrected chi connectivity index (χ4v) is 2.97. The molecule has 1 aliphatic heterocycles. The molecule has 2 N–H and O–H groups in total. The Hall–Kier alpha value is -0.120. The maximum Gasteiger partial charge on any atom is 0.0585 e. The Kier molecular flexibility index (Phi) is 6.45. The van der Waals surface area contributed by atoms with E-state index in [1.807, 2.05) is 0 Å². The number of likely N-dealkylation sites (tertiary alicyclic amines) is 1. The Morgan fingerprint density at radius 2 is 2.06 bits per heavy atom. The van der Waals surface area contributed by atoms with Crippen molar-refractivity contribution >= 4 is 0 Å². The van der Waals surface area contributed by atoms with Gasteiger partial charge in [-0.25, -0.2) is 0 Å². The third-order valence-corrected chi connectivity index (χ3v) is 3.95. The van der Waals surface area contributed by atoms with Gasteiger partial charge in [-0.3, -0.25) is 4.90 Å². The van der Waals surface area contributed by atoms with Crippen LogP contribution in [0, 0.1) is 0 Å². The second-order valence-electron chi connectivity index (χ2n) is 5.72. The van der Waals surface area contributed by atoms with Crippen molar-refractivity contribution in [1.29, 1.82) is 0 Å². The molecule has 0 saturated carbocycles. The second kappa shape index (κ2) is 7.34. The van der Waals surface area contributed by atoms with Gasteiger partial charge in [-0.05, 0) is 32.6 Å². The van der Waals surface area contributed by atoms with Gasteiger partial charge < -0.3 is 10.4 Å². The molecule has 102 valence electrons. The first-order valence-electron chi connectivity index (χ1n) is 7.21. The molecule has 3 heteroatoms. The molecule has 1 heterocycles. The number of hydrogen-bond donors (Lipinski definition) is 2. The first-order valence-corrected chi connectivity index (χ1v) is 7.21. The van der Waals surface area contributed by atoms with E-state index in [2.05, 4.69) is 37.9 Å². The monoisotopic (exact) mass is 242 g/mol. The van der Waals surface area contributed by atoms with Crippen molar-refractivity contribution in [1.82, 2.24) is 10.2 Å². The quantitative estimate of drug-likeness (QED) is 0.717. The predicted molar refractivity (Wildman–Crippen MR) is 73.2 cm³/mol. The summed E-state index contributed by atoms with van der Waals surface area (Å²) in [6.45, 7) is 10.2. The molecule has 1 aliphatic rings. The zero-order chi connectivity index (χ0) is 12.8. The van der Waals surface area contributed by atoms with E-state index >= 15 is 0 Å². The van der Waals surface area contributed by atoms with Crippen LogP contribution in [0.3, 0.4) is 0 Å². The molecule has 17 heavy (non-hydrogen) atoms. The maximum absolute atomic E-state index is 9.36. The minimum Gasteiger partial charge on any atom is -0.395 e. The van der Waals surface area contributed by atoms with Gasteiger partial charge in [0, 0.05) is 30.7 Å². The van der Waals surface area contributed by atoms with Gasteiger partial charge >= 0.3 is 0 Å². The summed E-state index contributed by atoms with van der Waals surface area (Å²) in [7, 11) is 0. The van der Waals surface area contributed by atoms with E-state index in [4.69, 9.17) is 0 Å². The molecule has 1 fully saturated rings. The summed E-state index contributed by atoms with van der Waals surface area (Å²) in [4.78, 5) is 2.63. The molecule has 3 atom stereocenters. The maximum atomic E-state index is 9.36. The van der Waals surface area contributed by atoms with E-state index in [-0.39, 0.29) is 12.6 Å². The summed E-state index contributed by atoms with van der Waals surface area (Å²) < 4.78 is 0. The van der Waals surface area contributed by atoms with Crippen molar-refractivity contribution in [2.75, 3.05) is 13.2 Å². The fourth-order valence-electron chi connectivity index (χ4n) is 2.97. The molecule has 0 aromatic heterocycles. The SMILES string of the molecule is CCC1CCC(C)N1CCC(CO)NC(C)C. The highest BCUT2D eigenvalue weighted by Crippen LogP contribution is 2.26. The Balaban J connectivity index is 2.36. The van der Waals surface area contributed by atoms with Crippen molar-refractivity contribution in [3.05, 3.63) is 0 Å². The van der Waals surface area contributed by atoms with Crippen molar-refractivity contribution in [2.24, 2.45) is 0 Å². The first-order chi connectivity index (χ1) is 8.08. The molecule has 0 spiro atoms. The smallest absolute Gasteiger partial charge is 0.0585 e. The zero-order valence-electron chi connectivity index (χ0n) is 11.9. The van der Waals surface area contributed by atoms with E-state index in [1.165, 1.54) is 19.3 Å². The molecule has 3 nitrogen and oxygen atoms in total. The lowest BCUT2D eigenvalue weighted by molar-refractivity contribution is 0.166. The topological polar surface area (TPSA) is 35.5 Å². The van der Waals surface area contributed by atoms with Gasteiger partial charge in [0.1, 0.15) is 0 Å². The minimum atomic E-state index is 0.247. The van der Waals surface area contributed by atoms with Crippen LogP contribution in [0.5, 0.6) is 0 Å². The summed E-state index contributed by atoms with van der Waals surface area (Å²) in [5.74, 6) is 0. The normalized spacial score (nSPS) is 27.9. The highest BCUT2D eigenvalue weighted by atomic mass is 16.3. The molecule has 0 bridgehead atoms. The number of hydrogen-bond acceptors (Lipinski definition) is 3. The summed E-state index contributed by atoms with van der Waals surface area (Å²) in [6.07, 6.45) is 4.99. The van der Waals surface area contributed by atoms with Gasteiger partial charge in [0.05, 0.1) is 6.61 Å². The van der Waals surface area contributed by atoms with Crippen molar-refractivity contribution in [3.8, 4) is 0 Å². The summed E-state index contributed by atoms with van der Waals surface area (Å²) in [5.41, 5.74) is 0. The second-order valence-corrected chi connectivity index (χ2v) is 5.72. The van der Waals surface area contributed by atoms with Gasteiger partial charge in [0.2, 0.25) is 0 Å². The summed E-state index contributed by atoms with van der Waals surface area (Å²) >= 11 is 0. The van der Waals surface area contributed by atoms with Crippen LogP contribution in [-0.2, 0) is 0 Å². The molecule has 1 rings (SSSR count). The van der Waals surface area contributed by atoms with Gasteiger partial charge in [0.15, 0.2) is 0 Å². The highest BCUT2D eigenvalue weighted by Gasteiger charge is 2.29. The van der Waals surface area contributed by atoms with E-state index in [0.29, 0.717) is 6.04 Å². The molecular formula is C14H30N2O. The van der Waals surface area contributed by atoms with Crippen LogP contribution >= 0.6 is 0 Å². The Labute approximate surface area is 107 Å². The highest BCUT2D eigenvalue weighted by molar-refractivity contribution is 4.85. The summed E-state index contributed by atoms with van der Waals surface area (Å²) in [6, 6.07) is 2.19. The van der Waals surface area contributed by atoms with E-state index in [1.54, 1.807) is 0 Å². The van der Waals surface area contributed by atoms with Gasteiger partial charge in [-0.2, -0.15) is 0 Å². The van der Waals surface area contributed by atoms with Crippen LogP contribution in [0.2, 0.25) is 0 Å². The first kappa shape index (κ1) is 14.9. The number of aliphatic hydroxyl groups is 1. The molecule has 3 unspecified atom stereocenters. The molecule has 1 saturated heterocycles. The van der Waals surface area contributed by atoms with Crippen LogP contribution in [-0.4, -0.2) is 47.3 Å². The molecule has 0 aromatic carbocycles. The van der Waals surface area contributed by atoms with E-state index < -0.39 is 0 Å². The molecule has 0 aliphatic carbocycles. The lowest BCUT2D eigenvalue weighted by atomic mass is 10.1. The van der Waals surface area contributed by atoms with Gasteiger partial charge in [0.25, 0.3) is 0 Å². The van der Waals surface area contributed by atoms with Crippen molar-refractivity contribution in [2.45, 2.75) is 77.5 Å². The van der Waals surface area contributed by atoms with Crippen LogP contribution in [0.1, 0.15) is 53.4 Å². The Morgan fingerprint density at radius 1 is 1.35 bits per heavy atom. The minimum absolute atomic E-state index is 0.247. The van der Waals surface area contributed by atoms with Crippen LogP contribution in [0.25, 0.3) is 0 Å². The van der Waals surface area contributed by atoms with Crippen molar-refractivity contribution in [3.63, 3.8) is 0 Å². The fraction of sp³-hybridized carbons (Fsp3) is 1.00.